The van der Waals surface area contributed by atoms with Crippen molar-refractivity contribution in [2.45, 2.75) is 12.2 Å². The average Bonchev–Trinajstić information content (AvgIpc) is 2.28. The van der Waals surface area contributed by atoms with E-state index < -0.39 is 12.2 Å². The number of nitrogens with one attached hydrogen (secondary N) is 1. The second-order valence-corrected chi connectivity index (χ2v) is 4.93. The van der Waals surface area contributed by atoms with E-state index in [1.807, 2.05) is 0 Å². The van der Waals surface area contributed by atoms with E-state index in [-0.39, 0.29) is 5.69 Å². The molecule has 0 bridgehead atoms. The number of rotatable bonds is 2. The number of piperazine rings is 1. The van der Waals surface area contributed by atoms with Gasteiger partial charge in [0, 0.05) is 26.2 Å². The molecule has 2 rings (SSSR count). The van der Waals surface area contributed by atoms with Crippen molar-refractivity contribution in [1.29, 1.82) is 0 Å². The van der Waals surface area contributed by atoms with Crippen LogP contribution in [0.15, 0.2) is 22.8 Å². The molecule has 2 heterocycles. The zero-order valence-electron chi connectivity index (χ0n) is 9.54. The van der Waals surface area contributed by atoms with Crippen LogP contribution in [0, 0.1) is 0 Å². The molecule has 0 amide bonds. The third-order valence-corrected chi connectivity index (χ3v) is 3.29. The summed E-state index contributed by atoms with van der Waals surface area (Å²) in [4.78, 5) is 5.37. The molecule has 1 aromatic rings. The van der Waals surface area contributed by atoms with Gasteiger partial charge in [0.25, 0.3) is 0 Å². The van der Waals surface area contributed by atoms with Crippen LogP contribution >= 0.6 is 15.9 Å². The molecule has 0 spiro atoms. The molecule has 1 aliphatic rings. The molecule has 7 heteroatoms. The summed E-state index contributed by atoms with van der Waals surface area (Å²) in [5.41, 5.74) is 0.0405. The first-order valence-corrected chi connectivity index (χ1v) is 6.42. The van der Waals surface area contributed by atoms with Crippen LogP contribution in [0.5, 0.6) is 0 Å². The monoisotopic (exact) mass is 323 g/mol. The van der Waals surface area contributed by atoms with E-state index in [0.717, 1.165) is 0 Å². The van der Waals surface area contributed by atoms with E-state index in [1.54, 1.807) is 12.1 Å². The molecular formula is C11H13BrF3N3. The smallest absolute Gasteiger partial charge is 0.314 e. The number of nitrogens with zero attached hydrogens (tertiary/aromatic N) is 2. The van der Waals surface area contributed by atoms with E-state index in [2.05, 4.69) is 26.2 Å². The van der Waals surface area contributed by atoms with Gasteiger partial charge in [0.15, 0.2) is 0 Å². The van der Waals surface area contributed by atoms with Gasteiger partial charge >= 0.3 is 6.18 Å². The summed E-state index contributed by atoms with van der Waals surface area (Å²) in [6.45, 7) is 1.89. The third-order valence-electron chi connectivity index (χ3n) is 2.84. The van der Waals surface area contributed by atoms with E-state index in [1.165, 1.54) is 11.0 Å². The first-order chi connectivity index (χ1) is 8.48. The van der Waals surface area contributed by atoms with Gasteiger partial charge in [-0.05, 0) is 28.1 Å². The molecule has 3 nitrogen and oxygen atoms in total. The largest absolute Gasteiger partial charge is 0.409 e. The van der Waals surface area contributed by atoms with Crippen LogP contribution in [0.3, 0.4) is 0 Å². The Morgan fingerprint density at radius 3 is 2.50 bits per heavy atom. The zero-order chi connectivity index (χ0) is 13.2. The van der Waals surface area contributed by atoms with E-state index in [0.29, 0.717) is 30.8 Å². The van der Waals surface area contributed by atoms with E-state index >= 15 is 0 Å². The number of pyridine rings is 1. The first-order valence-electron chi connectivity index (χ1n) is 5.62. The Morgan fingerprint density at radius 1 is 1.28 bits per heavy atom. The molecule has 100 valence electrons. The minimum absolute atomic E-state index is 0.0405. The topological polar surface area (TPSA) is 28.2 Å². The lowest BCUT2D eigenvalue weighted by Gasteiger charge is -2.35. The van der Waals surface area contributed by atoms with Crippen LogP contribution in [0.2, 0.25) is 0 Å². The van der Waals surface area contributed by atoms with Crippen molar-refractivity contribution in [3.05, 3.63) is 28.5 Å². The van der Waals surface area contributed by atoms with Crippen molar-refractivity contribution in [3.63, 3.8) is 0 Å². The lowest BCUT2D eigenvalue weighted by molar-refractivity contribution is -0.188. The molecular weight excluding hydrogens is 311 g/mol. The van der Waals surface area contributed by atoms with E-state index in [4.69, 9.17) is 0 Å². The lowest BCUT2D eigenvalue weighted by atomic mass is 10.1. The first kappa shape index (κ1) is 13.8. The molecule has 0 aliphatic carbocycles. The van der Waals surface area contributed by atoms with Crippen molar-refractivity contribution in [2.24, 2.45) is 0 Å². The number of hydrogen-bond donors (Lipinski definition) is 1. The van der Waals surface area contributed by atoms with Crippen LogP contribution in [-0.4, -0.2) is 42.2 Å². The fourth-order valence-corrected chi connectivity index (χ4v) is 2.44. The summed E-state index contributed by atoms with van der Waals surface area (Å²) >= 11 is 3.11. The molecule has 0 saturated carbocycles. The minimum Gasteiger partial charge on any atom is -0.314 e. The van der Waals surface area contributed by atoms with Crippen LogP contribution in [0.4, 0.5) is 13.2 Å². The summed E-state index contributed by atoms with van der Waals surface area (Å²) in [7, 11) is 0. The molecule has 1 saturated heterocycles. The molecule has 1 N–H and O–H groups in total. The number of hydrogen-bond acceptors (Lipinski definition) is 3. The van der Waals surface area contributed by atoms with Gasteiger partial charge in [-0.3, -0.25) is 4.90 Å². The van der Waals surface area contributed by atoms with Gasteiger partial charge in [-0.1, -0.05) is 6.07 Å². The van der Waals surface area contributed by atoms with Crippen LogP contribution in [0.25, 0.3) is 0 Å². The maximum Gasteiger partial charge on any atom is 0.409 e. The second-order valence-electron chi connectivity index (χ2n) is 4.12. The van der Waals surface area contributed by atoms with Gasteiger partial charge in [-0.2, -0.15) is 13.2 Å². The van der Waals surface area contributed by atoms with Crippen LogP contribution < -0.4 is 5.32 Å². The molecule has 0 aromatic carbocycles. The molecule has 1 fully saturated rings. The van der Waals surface area contributed by atoms with Crippen molar-refractivity contribution >= 4 is 15.9 Å². The van der Waals surface area contributed by atoms with Crippen molar-refractivity contribution in [1.82, 2.24) is 15.2 Å². The van der Waals surface area contributed by atoms with Gasteiger partial charge in [0.1, 0.15) is 10.6 Å². The van der Waals surface area contributed by atoms with Gasteiger partial charge in [0.2, 0.25) is 0 Å². The molecule has 1 aromatic heterocycles. The summed E-state index contributed by atoms with van der Waals surface area (Å²) in [6, 6.07) is 2.99. The summed E-state index contributed by atoms with van der Waals surface area (Å²) in [5, 5.41) is 3.05. The van der Waals surface area contributed by atoms with E-state index in [9.17, 15) is 13.2 Å². The molecule has 1 atom stereocenters. The summed E-state index contributed by atoms with van der Waals surface area (Å²) in [6.07, 6.45) is -4.31. The highest BCUT2D eigenvalue weighted by Gasteiger charge is 2.45. The molecule has 18 heavy (non-hydrogen) atoms. The SMILES string of the molecule is FC(F)(F)[C@H](c1cccc(Br)n1)N1CCNCC1. The lowest BCUT2D eigenvalue weighted by Crippen LogP contribution is -2.49. The van der Waals surface area contributed by atoms with Gasteiger partial charge in [0.05, 0.1) is 5.69 Å². The second kappa shape index (κ2) is 5.54. The summed E-state index contributed by atoms with van der Waals surface area (Å²) in [5.74, 6) is 0. The standard InChI is InChI=1S/C11H13BrF3N3/c12-9-3-1-2-8(17-9)10(11(13,14)15)18-6-4-16-5-7-18/h1-3,10,16H,4-7H2/t10-/m0/s1. The van der Waals surface area contributed by atoms with Gasteiger partial charge in [-0.25, -0.2) is 4.98 Å². The fraction of sp³-hybridized carbons (Fsp3) is 0.545. The zero-order valence-corrected chi connectivity index (χ0v) is 11.1. The third kappa shape index (κ3) is 3.21. The number of aromatic nitrogens is 1. The van der Waals surface area contributed by atoms with Crippen LogP contribution in [-0.2, 0) is 0 Å². The minimum atomic E-state index is -4.31. The maximum atomic E-state index is 13.2. The van der Waals surface area contributed by atoms with Crippen molar-refractivity contribution in [2.75, 3.05) is 26.2 Å². The number of alkyl halides is 3. The highest BCUT2D eigenvalue weighted by Crippen LogP contribution is 2.37. The highest BCUT2D eigenvalue weighted by atomic mass is 79.9. The normalized spacial score (nSPS) is 19.8. The van der Waals surface area contributed by atoms with Crippen LogP contribution in [0.1, 0.15) is 11.7 Å². The van der Waals surface area contributed by atoms with Gasteiger partial charge < -0.3 is 5.32 Å². The Labute approximate surface area is 112 Å². The molecule has 0 radical (unpaired) electrons. The molecule has 0 unspecified atom stereocenters. The Bertz CT molecular complexity index is 405. The Hall–Kier alpha value is -0.660. The summed E-state index contributed by atoms with van der Waals surface area (Å²) < 4.78 is 40.0. The quantitative estimate of drug-likeness (QED) is 0.847. The molecule has 1 aliphatic heterocycles. The fourth-order valence-electron chi connectivity index (χ4n) is 2.08. The predicted octanol–water partition coefficient (Wildman–Crippen LogP) is 2.35. The predicted molar refractivity (Wildman–Crippen MR) is 65.2 cm³/mol. The number of halogens is 4. The maximum absolute atomic E-state index is 13.2. The van der Waals surface area contributed by atoms with Gasteiger partial charge in [-0.15, -0.1) is 0 Å². The highest BCUT2D eigenvalue weighted by molar-refractivity contribution is 9.10. The average molecular weight is 324 g/mol. The Kier molecular flexibility index (Phi) is 4.24. The Balaban J connectivity index is 2.30. The van der Waals surface area contributed by atoms with Crippen molar-refractivity contribution < 1.29 is 13.2 Å². The van der Waals surface area contributed by atoms with Crippen molar-refractivity contribution in [3.8, 4) is 0 Å². The Morgan fingerprint density at radius 2 is 1.94 bits per heavy atom.